The molecule has 2 aliphatic rings. The molecular weight excluding hydrogens is 274 g/mol. The summed E-state index contributed by atoms with van der Waals surface area (Å²) in [4.78, 5) is 10.5. The topological polar surface area (TPSA) is 41.2 Å². The Morgan fingerprint density at radius 3 is 2.45 bits per heavy atom. The third-order valence-corrected chi connectivity index (χ3v) is 5.06. The molecule has 1 saturated heterocycles. The van der Waals surface area contributed by atoms with Crippen LogP contribution in [0, 0.1) is 0 Å². The van der Waals surface area contributed by atoms with Crippen LogP contribution in [0.2, 0.25) is 0 Å². The van der Waals surface area contributed by atoms with Crippen LogP contribution in [0.15, 0.2) is 24.3 Å². The summed E-state index contributed by atoms with van der Waals surface area (Å²) < 4.78 is 6.32. The van der Waals surface area contributed by atoms with E-state index in [0.29, 0.717) is 12.2 Å². The van der Waals surface area contributed by atoms with Gasteiger partial charge in [-0.05, 0) is 37.8 Å². The Balaban J connectivity index is 1.35. The van der Waals surface area contributed by atoms with Crippen molar-refractivity contribution in [2.45, 2.75) is 57.2 Å². The molecule has 1 saturated carbocycles. The van der Waals surface area contributed by atoms with Gasteiger partial charge in [-0.2, -0.15) is 0 Å². The number of nitrogens with zero attached hydrogens (tertiary/aromatic N) is 2. The zero-order chi connectivity index (χ0) is 14.8. The van der Waals surface area contributed by atoms with Crippen molar-refractivity contribution in [2.75, 3.05) is 18.0 Å². The molecule has 0 bridgehead atoms. The lowest BCUT2D eigenvalue weighted by Gasteiger charge is -2.34. The molecule has 1 aliphatic heterocycles. The zero-order valence-electron chi connectivity index (χ0n) is 13.1. The highest BCUT2D eigenvalue weighted by molar-refractivity contribution is 5.77. The van der Waals surface area contributed by atoms with Gasteiger partial charge >= 0.3 is 0 Å². The Kier molecular flexibility index (Phi) is 4.02. The number of ether oxygens (including phenoxy) is 1. The first kappa shape index (κ1) is 14.1. The third kappa shape index (κ3) is 2.98. The summed E-state index contributed by atoms with van der Waals surface area (Å²) in [5.74, 6) is 1.01. The zero-order valence-corrected chi connectivity index (χ0v) is 13.1. The van der Waals surface area contributed by atoms with Crippen LogP contribution >= 0.6 is 0 Å². The Morgan fingerprint density at radius 2 is 1.68 bits per heavy atom. The number of para-hydroxylation sites is 2. The molecule has 4 nitrogen and oxygen atoms in total. The number of aromatic amines is 1. The highest BCUT2D eigenvalue weighted by Gasteiger charge is 2.25. The van der Waals surface area contributed by atoms with Gasteiger partial charge in [-0.15, -0.1) is 0 Å². The van der Waals surface area contributed by atoms with Crippen molar-refractivity contribution in [1.29, 1.82) is 0 Å². The quantitative estimate of drug-likeness (QED) is 0.935. The van der Waals surface area contributed by atoms with Crippen LogP contribution < -0.4 is 4.90 Å². The molecule has 1 aromatic heterocycles. The maximum atomic E-state index is 6.32. The van der Waals surface area contributed by atoms with E-state index in [2.05, 4.69) is 28.1 Å². The molecule has 1 aliphatic carbocycles. The number of anilines is 1. The molecule has 2 heterocycles. The standard InChI is InChI=1S/C18H25N3O/c1-2-6-14(7-3-1)22-15-10-12-21(13-11-15)18-19-16-8-4-5-9-17(16)20-18/h4-5,8-9,14-15H,1-3,6-7,10-13H2,(H,19,20). The van der Waals surface area contributed by atoms with Gasteiger partial charge in [0.2, 0.25) is 5.95 Å². The van der Waals surface area contributed by atoms with Crippen molar-refractivity contribution in [3.8, 4) is 0 Å². The van der Waals surface area contributed by atoms with Crippen LogP contribution in [-0.4, -0.2) is 35.3 Å². The number of hydrogen-bond donors (Lipinski definition) is 1. The normalized spacial score (nSPS) is 21.5. The van der Waals surface area contributed by atoms with Gasteiger partial charge in [0.05, 0.1) is 23.2 Å². The minimum atomic E-state index is 0.448. The van der Waals surface area contributed by atoms with Crippen molar-refractivity contribution in [1.82, 2.24) is 9.97 Å². The number of hydrogen-bond acceptors (Lipinski definition) is 3. The van der Waals surface area contributed by atoms with Gasteiger partial charge in [0.25, 0.3) is 0 Å². The second kappa shape index (κ2) is 6.29. The minimum Gasteiger partial charge on any atom is -0.375 e. The number of piperidine rings is 1. The molecule has 118 valence electrons. The highest BCUT2D eigenvalue weighted by atomic mass is 16.5. The Bertz CT molecular complexity index is 577. The molecule has 1 N–H and O–H groups in total. The van der Waals surface area contributed by atoms with Crippen LogP contribution in [0.5, 0.6) is 0 Å². The molecule has 2 aromatic rings. The van der Waals surface area contributed by atoms with Crippen LogP contribution in [0.3, 0.4) is 0 Å². The molecule has 0 spiro atoms. The van der Waals surface area contributed by atoms with Crippen molar-refractivity contribution >= 4 is 17.0 Å². The summed E-state index contributed by atoms with van der Waals surface area (Å²) in [6.45, 7) is 2.08. The van der Waals surface area contributed by atoms with Crippen LogP contribution in [0.4, 0.5) is 5.95 Å². The first-order valence-corrected chi connectivity index (χ1v) is 8.74. The maximum absolute atomic E-state index is 6.32. The third-order valence-electron chi connectivity index (χ3n) is 5.06. The summed E-state index contributed by atoms with van der Waals surface area (Å²) in [5.41, 5.74) is 2.18. The number of nitrogens with one attached hydrogen (secondary N) is 1. The van der Waals surface area contributed by atoms with E-state index < -0.39 is 0 Å². The summed E-state index contributed by atoms with van der Waals surface area (Å²) in [5, 5.41) is 0. The molecule has 2 fully saturated rings. The van der Waals surface area contributed by atoms with E-state index in [4.69, 9.17) is 9.72 Å². The van der Waals surface area contributed by atoms with Gasteiger partial charge in [-0.3, -0.25) is 0 Å². The van der Waals surface area contributed by atoms with Crippen LogP contribution in [-0.2, 0) is 4.74 Å². The minimum absolute atomic E-state index is 0.448. The fourth-order valence-corrected chi connectivity index (χ4v) is 3.77. The van der Waals surface area contributed by atoms with Crippen LogP contribution in [0.1, 0.15) is 44.9 Å². The monoisotopic (exact) mass is 299 g/mol. The van der Waals surface area contributed by atoms with E-state index >= 15 is 0 Å². The van der Waals surface area contributed by atoms with Crippen molar-refractivity contribution < 1.29 is 4.74 Å². The Labute approximate surface area is 131 Å². The Morgan fingerprint density at radius 1 is 0.955 bits per heavy atom. The van der Waals surface area contributed by atoms with Crippen molar-refractivity contribution in [2.24, 2.45) is 0 Å². The molecule has 4 heteroatoms. The fourth-order valence-electron chi connectivity index (χ4n) is 3.77. The summed E-state index contributed by atoms with van der Waals surface area (Å²) >= 11 is 0. The first-order chi connectivity index (χ1) is 10.9. The van der Waals surface area contributed by atoms with Gasteiger partial charge in [0, 0.05) is 13.1 Å². The van der Waals surface area contributed by atoms with Crippen molar-refractivity contribution in [3.63, 3.8) is 0 Å². The number of benzene rings is 1. The molecule has 0 radical (unpaired) electrons. The lowest BCUT2D eigenvalue weighted by Crippen LogP contribution is -2.39. The largest absolute Gasteiger partial charge is 0.375 e. The van der Waals surface area contributed by atoms with E-state index in [9.17, 15) is 0 Å². The molecule has 0 unspecified atom stereocenters. The molecule has 1 aromatic carbocycles. The van der Waals surface area contributed by atoms with E-state index in [1.807, 2.05) is 6.07 Å². The van der Waals surface area contributed by atoms with Gasteiger partial charge in [-0.25, -0.2) is 4.98 Å². The predicted octanol–water partition coefficient (Wildman–Crippen LogP) is 3.88. The average molecular weight is 299 g/mol. The molecule has 0 atom stereocenters. The summed E-state index contributed by atoms with van der Waals surface area (Å²) in [6.07, 6.45) is 9.84. The first-order valence-electron chi connectivity index (χ1n) is 8.74. The van der Waals surface area contributed by atoms with E-state index in [-0.39, 0.29) is 0 Å². The highest BCUT2D eigenvalue weighted by Crippen LogP contribution is 2.26. The predicted molar refractivity (Wildman–Crippen MR) is 89.3 cm³/mol. The fraction of sp³-hybridized carbons (Fsp3) is 0.611. The SMILES string of the molecule is c1ccc2[nH]c(N3CCC(OC4CCCCC4)CC3)nc2c1. The molecule has 22 heavy (non-hydrogen) atoms. The summed E-state index contributed by atoms with van der Waals surface area (Å²) in [6, 6.07) is 8.24. The maximum Gasteiger partial charge on any atom is 0.203 e. The lowest BCUT2D eigenvalue weighted by atomic mass is 9.97. The number of rotatable bonds is 3. The molecular formula is C18H25N3O. The van der Waals surface area contributed by atoms with Crippen LogP contribution in [0.25, 0.3) is 11.0 Å². The van der Waals surface area contributed by atoms with E-state index in [0.717, 1.165) is 42.9 Å². The van der Waals surface area contributed by atoms with Gasteiger partial charge in [-0.1, -0.05) is 31.4 Å². The summed E-state index contributed by atoms with van der Waals surface area (Å²) in [7, 11) is 0. The second-order valence-electron chi connectivity index (χ2n) is 6.66. The Hall–Kier alpha value is -1.55. The number of imidazole rings is 1. The van der Waals surface area contributed by atoms with Gasteiger partial charge in [0.15, 0.2) is 0 Å². The number of aromatic nitrogens is 2. The second-order valence-corrected chi connectivity index (χ2v) is 6.66. The molecule has 4 rings (SSSR count). The van der Waals surface area contributed by atoms with Gasteiger partial charge in [0.1, 0.15) is 0 Å². The smallest absolute Gasteiger partial charge is 0.203 e. The average Bonchev–Trinajstić information content (AvgIpc) is 3.00. The van der Waals surface area contributed by atoms with E-state index in [1.165, 1.54) is 32.1 Å². The lowest BCUT2D eigenvalue weighted by molar-refractivity contribution is -0.0396. The van der Waals surface area contributed by atoms with Gasteiger partial charge < -0.3 is 14.6 Å². The number of H-pyrrole nitrogens is 1. The van der Waals surface area contributed by atoms with Crippen molar-refractivity contribution in [3.05, 3.63) is 24.3 Å². The van der Waals surface area contributed by atoms with E-state index in [1.54, 1.807) is 0 Å². The molecule has 0 amide bonds. The number of fused-ring (bicyclic) bond motifs is 1.